The van der Waals surface area contributed by atoms with Gasteiger partial charge in [0.25, 0.3) is 0 Å². The van der Waals surface area contributed by atoms with E-state index in [9.17, 15) is 19.8 Å². The molecule has 0 saturated heterocycles. The number of rotatable bonds is 37. The van der Waals surface area contributed by atoms with Gasteiger partial charge in [0, 0.05) is 12.8 Å². The molecule has 0 saturated carbocycles. The van der Waals surface area contributed by atoms with E-state index in [1.54, 1.807) is 0 Å². The van der Waals surface area contributed by atoms with E-state index in [0.29, 0.717) is 26.1 Å². The molecule has 0 rings (SSSR count). The minimum absolute atomic E-state index is 0.0866. The van der Waals surface area contributed by atoms with Gasteiger partial charge < -0.3 is 19.7 Å². The number of hydrogen-bond acceptors (Lipinski definition) is 6. The quantitative estimate of drug-likeness (QED) is 0.0386. The van der Waals surface area contributed by atoms with Crippen molar-refractivity contribution in [1.82, 2.24) is 0 Å². The van der Waals surface area contributed by atoms with Crippen molar-refractivity contribution in [3.05, 3.63) is 24.3 Å². The average Bonchev–Trinajstić information content (AvgIpc) is 3.07. The molecule has 0 heterocycles. The van der Waals surface area contributed by atoms with E-state index < -0.39 is 0 Å². The topological polar surface area (TPSA) is 93.1 Å². The predicted octanol–water partition coefficient (Wildman–Crippen LogP) is 11.6. The number of esters is 2. The normalized spacial score (nSPS) is 13.0. The molecule has 0 unspecified atom stereocenters. The lowest BCUT2D eigenvalue weighted by atomic mass is 10.1. The summed E-state index contributed by atoms with van der Waals surface area (Å²) >= 11 is 0. The fraction of sp³-hybridized carbons (Fsp3) is 0.857. The summed E-state index contributed by atoms with van der Waals surface area (Å²) in [5.41, 5.74) is 0. The first kappa shape index (κ1) is 46.3. The second kappa shape index (κ2) is 38.1. The zero-order valence-electron chi connectivity index (χ0n) is 31.6. The third kappa shape index (κ3) is 37.2. The van der Waals surface area contributed by atoms with Gasteiger partial charge >= 0.3 is 11.9 Å². The van der Waals surface area contributed by atoms with Crippen molar-refractivity contribution in [3.63, 3.8) is 0 Å². The maximum Gasteiger partial charge on any atom is 0.305 e. The second-order valence-electron chi connectivity index (χ2n) is 13.9. The van der Waals surface area contributed by atoms with Crippen LogP contribution in [0.15, 0.2) is 24.3 Å². The first-order valence-corrected chi connectivity index (χ1v) is 20.5. The highest BCUT2D eigenvalue weighted by Crippen LogP contribution is 2.13. The lowest BCUT2D eigenvalue weighted by Crippen LogP contribution is -2.07. The molecule has 6 nitrogen and oxygen atoms in total. The number of unbranched alkanes of at least 4 members (excludes halogenated alkanes) is 19. The van der Waals surface area contributed by atoms with Crippen LogP contribution in [0.4, 0.5) is 0 Å². The first-order valence-electron chi connectivity index (χ1n) is 20.5. The van der Waals surface area contributed by atoms with Gasteiger partial charge in [0.2, 0.25) is 0 Å². The third-order valence-corrected chi connectivity index (χ3v) is 9.00. The van der Waals surface area contributed by atoms with Crippen LogP contribution in [-0.2, 0) is 19.1 Å². The summed E-state index contributed by atoms with van der Waals surface area (Å²) in [6.07, 6.45) is 39.2. The Hall–Kier alpha value is -1.66. The summed E-state index contributed by atoms with van der Waals surface area (Å²) in [5, 5.41) is 20.0. The van der Waals surface area contributed by atoms with Crippen molar-refractivity contribution in [2.24, 2.45) is 0 Å². The van der Waals surface area contributed by atoms with Crippen LogP contribution in [0, 0.1) is 0 Å². The molecule has 48 heavy (non-hydrogen) atoms. The largest absolute Gasteiger partial charge is 0.466 e. The van der Waals surface area contributed by atoms with Gasteiger partial charge in [-0.3, -0.25) is 9.59 Å². The fourth-order valence-corrected chi connectivity index (χ4v) is 5.79. The summed E-state index contributed by atoms with van der Waals surface area (Å²) in [5.74, 6) is -0.173. The molecule has 0 aliphatic carbocycles. The fourth-order valence-electron chi connectivity index (χ4n) is 5.79. The second-order valence-corrected chi connectivity index (χ2v) is 13.9. The van der Waals surface area contributed by atoms with E-state index in [-0.39, 0.29) is 24.1 Å². The molecular weight excluding hydrogens is 600 g/mol. The Balaban J connectivity index is 3.39. The molecule has 2 N–H and O–H groups in total. The number of carbonyl (C=O) groups excluding carboxylic acids is 2. The van der Waals surface area contributed by atoms with Crippen LogP contribution in [0.1, 0.15) is 206 Å². The first-order chi connectivity index (χ1) is 23.5. The van der Waals surface area contributed by atoms with Crippen LogP contribution >= 0.6 is 0 Å². The molecular formula is C42H78O6. The molecule has 0 bridgehead atoms. The van der Waals surface area contributed by atoms with E-state index >= 15 is 0 Å². The number of ether oxygens (including phenoxy) is 2. The lowest BCUT2D eigenvalue weighted by Gasteiger charge is -2.07. The van der Waals surface area contributed by atoms with Crippen molar-refractivity contribution in [1.29, 1.82) is 0 Å². The molecule has 0 aliphatic heterocycles. The summed E-state index contributed by atoms with van der Waals surface area (Å²) in [7, 11) is 0. The predicted molar refractivity (Wildman–Crippen MR) is 202 cm³/mol. The molecule has 0 spiro atoms. The number of hydrogen-bond donors (Lipinski definition) is 2. The Morgan fingerprint density at radius 1 is 0.458 bits per heavy atom. The van der Waals surface area contributed by atoms with Crippen LogP contribution in [0.5, 0.6) is 0 Å². The molecule has 0 aromatic carbocycles. The molecule has 0 aromatic heterocycles. The van der Waals surface area contributed by atoms with Gasteiger partial charge in [-0.2, -0.15) is 0 Å². The van der Waals surface area contributed by atoms with Gasteiger partial charge in [0.15, 0.2) is 0 Å². The van der Waals surface area contributed by atoms with Gasteiger partial charge in [0.05, 0.1) is 25.4 Å². The number of carbonyl (C=O) groups is 2. The Bertz CT molecular complexity index is 686. The summed E-state index contributed by atoms with van der Waals surface area (Å²) in [4.78, 5) is 23.9. The van der Waals surface area contributed by atoms with Crippen LogP contribution < -0.4 is 0 Å². The molecule has 2 atom stereocenters. The molecule has 0 aliphatic rings. The highest BCUT2D eigenvalue weighted by molar-refractivity contribution is 5.69. The Labute approximate surface area is 296 Å². The molecule has 282 valence electrons. The van der Waals surface area contributed by atoms with E-state index in [4.69, 9.17) is 9.47 Å². The smallest absolute Gasteiger partial charge is 0.305 e. The van der Waals surface area contributed by atoms with Gasteiger partial charge in [-0.1, -0.05) is 128 Å². The minimum Gasteiger partial charge on any atom is -0.466 e. The van der Waals surface area contributed by atoms with E-state index in [1.807, 2.05) is 0 Å². The van der Waals surface area contributed by atoms with Gasteiger partial charge in [-0.05, 0) is 89.9 Å². The molecule has 0 radical (unpaired) electrons. The zero-order chi connectivity index (χ0) is 35.2. The van der Waals surface area contributed by atoms with E-state index in [0.717, 1.165) is 116 Å². The van der Waals surface area contributed by atoms with Gasteiger partial charge in [0.1, 0.15) is 0 Å². The molecule has 0 fully saturated rings. The third-order valence-electron chi connectivity index (χ3n) is 9.00. The standard InChI is InChI=1S/C42H78O6/c1-3-5-7-23-31-39(43)33-25-17-13-9-11-15-19-27-35-41(45)47-37-29-21-22-30-38-48-42(46)36-28-20-16-12-10-14-18-26-34-40(44)32-24-8-6-4-2/h17-18,25-26,39-40,43-44H,3-16,19-24,27-38H2,1-2H3/b25-17-,26-18-/t39-,40-/m1/s1. The molecule has 0 aromatic rings. The van der Waals surface area contributed by atoms with Crippen molar-refractivity contribution >= 4 is 11.9 Å². The van der Waals surface area contributed by atoms with E-state index in [2.05, 4.69) is 38.2 Å². The number of allylic oxidation sites excluding steroid dienone is 2. The van der Waals surface area contributed by atoms with Gasteiger partial charge in [-0.15, -0.1) is 0 Å². The van der Waals surface area contributed by atoms with Crippen molar-refractivity contribution < 1.29 is 29.3 Å². The maximum absolute atomic E-state index is 12.0. The SMILES string of the molecule is CCCCCC[C@@H](O)C/C=C\CCCCCCCC(=O)OCCCCCCOC(=O)CCCCCCC/C=C\C[C@H](O)CCCCCC. The van der Waals surface area contributed by atoms with Crippen molar-refractivity contribution in [2.75, 3.05) is 13.2 Å². The van der Waals surface area contributed by atoms with Crippen LogP contribution in [0.2, 0.25) is 0 Å². The average molecular weight is 679 g/mol. The van der Waals surface area contributed by atoms with Crippen molar-refractivity contribution in [2.45, 2.75) is 219 Å². The molecule has 6 heteroatoms. The highest BCUT2D eigenvalue weighted by Gasteiger charge is 2.05. The van der Waals surface area contributed by atoms with Crippen LogP contribution in [0.3, 0.4) is 0 Å². The zero-order valence-corrected chi connectivity index (χ0v) is 31.6. The van der Waals surface area contributed by atoms with Crippen LogP contribution in [0.25, 0.3) is 0 Å². The Morgan fingerprint density at radius 3 is 1.23 bits per heavy atom. The number of aliphatic hydroxyl groups is 2. The highest BCUT2D eigenvalue weighted by atomic mass is 16.5. The maximum atomic E-state index is 12.0. The van der Waals surface area contributed by atoms with Crippen LogP contribution in [-0.4, -0.2) is 47.6 Å². The lowest BCUT2D eigenvalue weighted by molar-refractivity contribution is -0.145. The summed E-state index contributed by atoms with van der Waals surface area (Å²) in [6.45, 7) is 5.38. The Morgan fingerprint density at radius 2 is 0.812 bits per heavy atom. The van der Waals surface area contributed by atoms with E-state index in [1.165, 1.54) is 64.2 Å². The monoisotopic (exact) mass is 679 g/mol. The summed E-state index contributed by atoms with van der Waals surface area (Å²) in [6, 6.07) is 0. The molecule has 0 amide bonds. The van der Waals surface area contributed by atoms with Crippen molar-refractivity contribution in [3.8, 4) is 0 Å². The summed E-state index contributed by atoms with van der Waals surface area (Å²) < 4.78 is 10.7. The Kier molecular flexibility index (Phi) is 36.8. The minimum atomic E-state index is -0.188. The number of aliphatic hydroxyl groups excluding tert-OH is 2. The van der Waals surface area contributed by atoms with Gasteiger partial charge in [-0.25, -0.2) is 0 Å².